The Bertz CT molecular complexity index is 1170. The molecule has 0 amide bonds. The Morgan fingerprint density at radius 1 is 1.07 bits per heavy atom. The molecule has 1 N–H and O–H groups in total. The number of hydrogen-bond donors (Lipinski definition) is 1. The number of nitrogens with one attached hydrogen (secondary N) is 1. The molecule has 2 aromatic carbocycles. The number of nitrogens with zero attached hydrogens (tertiary/aromatic N) is 1. The average Bonchev–Trinajstić information content (AvgIpc) is 3.14. The summed E-state index contributed by atoms with van der Waals surface area (Å²) >= 11 is 5.31. The highest BCUT2D eigenvalue weighted by Crippen LogP contribution is 2.35. The number of aliphatic imine (C=N–C) groups is 1. The molecule has 0 fully saturated rings. The molecule has 5 rings (SSSR count). The Morgan fingerprint density at radius 3 is 2.85 bits per heavy atom. The van der Waals surface area contributed by atoms with Crippen LogP contribution < -0.4 is 20.4 Å². The molecule has 7 heteroatoms. The molecule has 2 aliphatic heterocycles. The van der Waals surface area contributed by atoms with E-state index in [1.807, 2.05) is 42.5 Å². The molecule has 134 valence electrons. The van der Waals surface area contributed by atoms with Gasteiger partial charge in [0.05, 0.1) is 17.3 Å². The van der Waals surface area contributed by atoms with Crippen LogP contribution in [-0.2, 0) is 0 Å². The molecule has 1 aromatic heterocycles. The maximum Gasteiger partial charge on any atom is 0.345 e. The highest BCUT2D eigenvalue weighted by molar-refractivity contribution is 7.80. The van der Waals surface area contributed by atoms with Gasteiger partial charge in [-0.3, -0.25) is 0 Å². The minimum atomic E-state index is -0.415. The summed E-state index contributed by atoms with van der Waals surface area (Å²) < 4.78 is 16.3. The molecule has 27 heavy (non-hydrogen) atoms. The van der Waals surface area contributed by atoms with Crippen LogP contribution in [-0.4, -0.2) is 17.6 Å². The van der Waals surface area contributed by atoms with Gasteiger partial charge >= 0.3 is 5.63 Å². The Kier molecular flexibility index (Phi) is 3.68. The van der Waals surface area contributed by atoms with Crippen molar-refractivity contribution in [1.29, 1.82) is 0 Å². The zero-order valence-electron chi connectivity index (χ0n) is 14.1. The van der Waals surface area contributed by atoms with E-state index in [4.69, 9.17) is 26.1 Å². The van der Waals surface area contributed by atoms with Crippen LogP contribution in [0.3, 0.4) is 0 Å². The summed E-state index contributed by atoms with van der Waals surface area (Å²) in [5.41, 5.74) is 2.17. The highest BCUT2D eigenvalue weighted by atomic mass is 32.1. The molecular weight excluding hydrogens is 364 g/mol. The SMILES string of the molecule is O=c1oc2ccccc2cc1C1=NC(=S)NC(c2ccc3c(c2)OCO3)C1. The van der Waals surface area contributed by atoms with Crippen LogP contribution in [0, 0.1) is 0 Å². The van der Waals surface area contributed by atoms with Gasteiger partial charge in [0, 0.05) is 11.8 Å². The smallest absolute Gasteiger partial charge is 0.345 e. The number of para-hydroxylation sites is 1. The topological polar surface area (TPSA) is 73.1 Å². The van der Waals surface area contributed by atoms with Gasteiger partial charge in [0.25, 0.3) is 0 Å². The number of rotatable bonds is 2. The van der Waals surface area contributed by atoms with E-state index in [9.17, 15) is 4.79 Å². The van der Waals surface area contributed by atoms with E-state index in [0.29, 0.717) is 34.1 Å². The highest BCUT2D eigenvalue weighted by Gasteiger charge is 2.25. The van der Waals surface area contributed by atoms with E-state index in [1.165, 1.54) is 0 Å². The van der Waals surface area contributed by atoms with Crippen molar-refractivity contribution in [3.05, 3.63) is 70.1 Å². The summed E-state index contributed by atoms with van der Waals surface area (Å²) in [6.07, 6.45) is 0.503. The summed E-state index contributed by atoms with van der Waals surface area (Å²) in [4.78, 5) is 16.9. The molecule has 0 saturated carbocycles. The fraction of sp³-hybridized carbons (Fsp3) is 0.150. The number of benzene rings is 2. The summed E-state index contributed by atoms with van der Waals surface area (Å²) in [7, 11) is 0. The number of hydrogen-bond acceptors (Lipinski definition) is 5. The van der Waals surface area contributed by atoms with E-state index in [2.05, 4.69) is 10.3 Å². The molecular formula is C20H14N2O4S. The quantitative estimate of drug-likeness (QED) is 0.545. The van der Waals surface area contributed by atoms with Gasteiger partial charge in [0.15, 0.2) is 16.6 Å². The average molecular weight is 378 g/mol. The second-order valence-corrected chi connectivity index (χ2v) is 6.75. The van der Waals surface area contributed by atoms with Gasteiger partial charge in [-0.05, 0) is 42.0 Å². The van der Waals surface area contributed by atoms with Crippen molar-refractivity contribution in [2.45, 2.75) is 12.5 Å². The van der Waals surface area contributed by atoms with Gasteiger partial charge in [0.1, 0.15) is 5.58 Å². The lowest BCUT2D eigenvalue weighted by atomic mass is 9.96. The van der Waals surface area contributed by atoms with E-state index in [0.717, 1.165) is 16.7 Å². The summed E-state index contributed by atoms with van der Waals surface area (Å²) in [6.45, 7) is 0.222. The van der Waals surface area contributed by atoms with Crippen molar-refractivity contribution in [2.24, 2.45) is 4.99 Å². The molecule has 0 bridgehead atoms. The second-order valence-electron chi connectivity index (χ2n) is 6.36. The predicted molar refractivity (Wildman–Crippen MR) is 105 cm³/mol. The van der Waals surface area contributed by atoms with Crippen LogP contribution in [0.25, 0.3) is 11.0 Å². The minimum Gasteiger partial charge on any atom is -0.454 e. The molecule has 3 aromatic rings. The lowest BCUT2D eigenvalue weighted by Crippen LogP contribution is -2.34. The summed E-state index contributed by atoms with van der Waals surface area (Å²) in [6, 6.07) is 14.8. The van der Waals surface area contributed by atoms with Gasteiger partial charge in [-0.2, -0.15) is 0 Å². The van der Waals surface area contributed by atoms with Crippen molar-refractivity contribution in [1.82, 2.24) is 5.32 Å². The molecule has 6 nitrogen and oxygen atoms in total. The van der Waals surface area contributed by atoms with Gasteiger partial charge in [-0.25, -0.2) is 9.79 Å². The van der Waals surface area contributed by atoms with E-state index in [1.54, 1.807) is 6.07 Å². The first-order valence-corrected chi connectivity index (χ1v) is 8.89. The third kappa shape index (κ3) is 2.86. The normalized spacial score (nSPS) is 18.3. The monoisotopic (exact) mass is 378 g/mol. The molecule has 0 radical (unpaired) electrons. The fourth-order valence-electron chi connectivity index (χ4n) is 3.36. The fourth-order valence-corrected chi connectivity index (χ4v) is 3.61. The molecule has 0 aliphatic carbocycles. The Balaban J connectivity index is 1.53. The zero-order chi connectivity index (χ0) is 18.4. The zero-order valence-corrected chi connectivity index (χ0v) is 14.9. The van der Waals surface area contributed by atoms with Crippen LogP contribution >= 0.6 is 12.2 Å². The maximum atomic E-state index is 12.5. The van der Waals surface area contributed by atoms with Crippen molar-refractivity contribution >= 4 is 34.0 Å². The lowest BCUT2D eigenvalue weighted by Gasteiger charge is -2.25. The molecule has 2 aliphatic rings. The van der Waals surface area contributed by atoms with Gasteiger partial charge in [-0.1, -0.05) is 24.3 Å². The molecule has 0 spiro atoms. The van der Waals surface area contributed by atoms with Crippen LogP contribution in [0.5, 0.6) is 11.5 Å². The molecule has 0 saturated heterocycles. The van der Waals surface area contributed by atoms with E-state index < -0.39 is 5.63 Å². The third-order valence-electron chi connectivity index (χ3n) is 4.68. The largest absolute Gasteiger partial charge is 0.454 e. The molecule has 1 atom stereocenters. The van der Waals surface area contributed by atoms with Crippen molar-refractivity contribution in [2.75, 3.05) is 6.79 Å². The first-order chi connectivity index (χ1) is 13.2. The number of thiocarbonyl (C=S) groups is 1. The van der Waals surface area contributed by atoms with E-state index in [-0.39, 0.29) is 12.8 Å². The van der Waals surface area contributed by atoms with Gasteiger partial charge in [-0.15, -0.1) is 0 Å². The first kappa shape index (κ1) is 16.0. The third-order valence-corrected chi connectivity index (χ3v) is 4.89. The van der Waals surface area contributed by atoms with E-state index >= 15 is 0 Å². The Hall–Kier alpha value is -3.19. The predicted octanol–water partition coefficient (Wildman–Crippen LogP) is 3.33. The number of ether oxygens (including phenoxy) is 2. The second kappa shape index (κ2) is 6.21. The minimum absolute atomic E-state index is 0.120. The summed E-state index contributed by atoms with van der Waals surface area (Å²) in [5, 5.41) is 4.38. The molecule has 3 heterocycles. The summed E-state index contributed by atoms with van der Waals surface area (Å²) in [5.74, 6) is 1.43. The molecule has 1 unspecified atom stereocenters. The van der Waals surface area contributed by atoms with Crippen molar-refractivity contribution in [3.8, 4) is 11.5 Å². The first-order valence-electron chi connectivity index (χ1n) is 8.48. The lowest BCUT2D eigenvalue weighted by molar-refractivity contribution is 0.174. The van der Waals surface area contributed by atoms with Crippen LogP contribution in [0.4, 0.5) is 0 Å². The standard InChI is InChI=1S/C20H14N2O4S/c23-19-13(7-12-3-1-2-4-16(12)26-19)15-9-14(21-20(27)22-15)11-5-6-17-18(8-11)25-10-24-17/h1-8,14H,9-10H2,(H,21,27). The van der Waals surface area contributed by atoms with Crippen LogP contribution in [0.15, 0.2) is 62.7 Å². The Labute approximate surface area is 159 Å². The van der Waals surface area contributed by atoms with Crippen molar-refractivity contribution < 1.29 is 13.9 Å². The van der Waals surface area contributed by atoms with Gasteiger partial charge in [0.2, 0.25) is 6.79 Å². The van der Waals surface area contributed by atoms with Crippen molar-refractivity contribution in [3.63, 3.8) is 0 Å². The van der Waals surface area contributed by atoms with Crippen LogP contribution in [0.2, 0.25) is 0 Å². The van der Waals surface area contributed by atoms with Gasteiger partial charge < -0.3 is 19.2 Å². The maximum absolute atomic E-state index is 12.5. The Morgan fingerprint density at radius 2 is 1.93 bits per heavy atom. The van der Waals surface area contributed by atoms with Crippen LogP contribution in [0.1, 0.15) is 23.6 Å². The number of fused-ring (bicyclic) bond motifs is 2.